The lowest BCUT2D eigenvalue weighted by Gasteiger charge is -2.06. The van der Waals surface area contributed by atoms with Crippen LogP contribution in [0.2, 0.25) is 0 Å². The maximum Gasteiger partial charge on any atom is 0.228 e. The van der Waals surface area contributed by atoms with E-state index in [0.29, 0.717) is 11.3 Å². The number of ketones is 1. The van der Waals surface area contributed by atoms with Gasteiger partial charge in [-0.1, -0.05) is 18.2 Å². The summed E-state index contributed by atoms with van der Waals surface area (Å²) in [6.45, 7) is 3.40. The Bertz CT molecular complexity index is 896. The third-order valence-electron chi connectivity index (χ3n) is 3.58. The monoisotopic (exact) mass is 307 g/mol. The number of aromatic nitrogens is 2. The summed E-state index contributed by atoms with van der Waals surface area (Å²) in [5.41, 5.74) is 3.92. The van der Waals surface area contributed by atoms with Gasteiger partial charge in [0.05, 0.1) is 17.5 Å². The van der Waals surface area contributed by atoms with Crippen molar-refractivity contribution in [1.29, 1.82) is 0 Å². The van der Waals surface area contributed by atoms with Gasteiger partial charge in [-0.2, -0.15) is 0 Å². The maximum atomic E-state index is 12.2. The van der Waals surface area contributed by atoms with E-state index in [1.165, 1.54) is 6.92 Å². The van der Waals surface area contributed by atoms with E-state index in [1.54, 1.807) is 24.3 Å². The Labute approximate surface area is 133 Å². The van der Waals surface area contributed by atoms with Crippen LogP contribution in [0.25, 0.3) is 11.0 Å². The van der Waals surface area contributed by atoms with Gasteiger partial charge in [0.25, 0.3) is 0 Å². The van der Waals surface area contributed by atoms with Gasteiger partial charge in [0.15, 0.2) is 5.78 Å². The van der Waals surface area contributed by atoms with Gasteiger partial charge in [0, 0.05) is 11.3 Å². The Kier molecular flexibility index (Phi) is 3.93. The number of carbonyl (C=O) groups excluding carboxylic acids is 2. The molecule has 5 heteroatoms. The van der Waals surface area contributed by atoms with Crippen molar-refractivity contribution in [2.75, 3.05) is 5.32 Å². The topological polar surface area (TPSA) is 74.8 Å². The van der Waals surface area contributed by atoms with Gasteiger partial charge in [-0.15, -0.1) is 0 Å². The fraction of sp³-hybridized carbons (Fsp3) is 0.167. The van der Waals surface area contributed by atoms with Gasteiger partial charge < -0.3 is 10.3 Å². The van der Waals surface area contributed by atoms with Crippen LogP contribution in [-0.2, 0) is 11.2 Å². The van der Waals surface area contributed by atoms with Crippen LogP contribution >= 0.6 is 0 Å². The normalized spacial score (nSPS) is 10.7. The van der Waals surface area contributed by atoms with Gasteiger partial charge in [-0.05, 0) is 43.7 Å². The van der Waals surface area contributed by atoms with E-state index >= 15 is 0 Å². The number of aromatic amines is 1. The molecule has 116 valence electrons. The number of anilines is 1. The molecular weight excluding hydrogens is 290 g/mol. The number of hydrogen-bond acceptors (Lipinski definition) is 3. The first-order chi connectivity index (χ1) is 11.0. The van der Waals surface area contributed by atoms with E-state index in [1.807, 2.05) is 25.1 Å². The number of benzene rings is 2. The van der Waals surface area contributed by atoms with Crippen LogP contribution in [0.4, 0.5) is 5.69 Å². The first-order valence-electron chi connectivity index (χ1n) is 7.37. The molecule has 0 saturated heterocycles. The molecule has 0 bridgehead atoms. The molecule has 23 heavy (non-hydrogen) atoms. The van der Waals surface area contributed by atoms with Crippen LogP contribution in [0.3, 0.4) is 0 Å². The number of aryl methyl sites for hydroxylation is 1. The second-order valence-electron chi connectivity index (χ2n) is 5.54. The van der Waals surface area contributed by atoms with Crippen molar-refractivity contribution < 1.29 is 9.59 Å². The van der Waals surface area contributed by atoms with Gasteiger partial charge in [0.1, 0.15) is 5.82 Å². The summed E-state index contributed by atoms with van der Waals surface area (Å²) in [5, 5.41) is 2.82. The van der Waals surface area contributed by atoms with Crippen LogP contribution in [0.5, 0.6) is 0 Å². The summed E-state index contributed by atoms with van der Waals surface area (Å²) in [6.07, 6.45) is 0.262. The summed E-state index contributed by atoms with van der Waals surface area (Å²) in [6, 6.07) is 12.7. The molecule has 1 amide bonds. The third kappa shape index (κ3) is 3.45. The second kappa shape index (κ2) is 6.04. The number of imidazole rings is 1. The Hall–Kier alpha value is -2.95. The number of Topliss-reactive ketones (excluding diaryl/α,β-unsaturated/α-hetero) is 1. The highest BCUT2D eigenvalue weighted by Crippen LogP contribution is 2.15. The van der Waals surface area contributed by atoms with Crippen LogP contribution in [0.1, 0.15) is 28.7 Å². The number of hydrogen-bond donors (Lipinski definition) is 2. The van der Waals surface area contributed by atoms with E-state index in [2.05, 4.69) is 15.3 Å². The fourth-order valence-electron chi connectivity index (χ4n) is 2.50. The molecule has 3 rings (SSSR count). The predicted molar refractivity (Wildman–Crippen MR) is 89.6 cm³/mol. The number of carbonyl (C=O) groups is 2. The largest absolute Gasteiger partial charge is 0.342 e. The average Bonchev–Trinajstić information content (AvgIpc) is 2.86. The molecule has 5 nitrogen and oxygen atoms in total. The van der Waals surface area contributed by atoms with Crippen molar-refractivity contribution in [1.82, 2.24) is 9.97 Å². The van der Waals surface area contributed by atoms with E-state index in [-0.39, 0.29) is 18.1 Å². The van der Waals surface area contributed by atoms with Crippen LogP contribution in [0, 0.1) is 6.92 Å². The summed E-state index contributed by atoms with van der Waals surface area (Å²) >= 11 is 0. The molecule has 0 spiro atoms. The fourth-order valence-corrected chi connectivity index (χ4v) is 2.50. The number of nitrogens with one attached hydrogen (secondary N) is 2. The maximum absolute atomic E-state index is 12.2. The zero-order valence-corrected chi connectivity index (χ0v) is 13.0. The minimum Gasteiger partial charge on any atom is -0.342 e. The molecule has 1 heterocycles. The first kappa shape index (κ1) is 15.0. The van der Waals surface area contributed by atoms with Gasteiger partial charge in [-0.3, -0.25) is 9.59 Å². The minimum atomic E-state index is -0.124. The van der Waals surface area contributed by atoms with Gasteiger partial charge >= 0.3 is 0 Å². The molecule has 0 aliphatic rings. The molecule has 3 aromatic rings. The SMILES string of the molecule is CC(=O)c1cccc(NC(=O)Cc2ccc3nc(C)[nH]c3c2)c1. The molecule has 0 aliphatic heterocycles. The van der Waals surface area contributed by atoms with Crippen molar-refractivity contribution >= 4 is 28.4 Å². The van der Waals surface area contributed by atoms with Gasteiger partial charge in [0.2, 0.25) is 5.91 Å². The minimum absolute atomic E-state index is 0.0267. The number of H-pyrrole nitrogens is 1. The van der Waals surface area contributed by atoms with Crippen molar-refractivity contribution in [2.24, 2.45) is 0 Å². The number of amides is 1. The number of fused-ring (bicyclic) bond motifs is 1. The van der Waals surface area contributed by atoms with Crippen LogP contribution in [0.15, 0.2) is 42.5 Å². The smallest absolute Gasteiger partial charge is 0.228 e. The first-order valence-corrected chi connectivity index (χ1v) is 7.37. The lowest BCUT2D eigenvalue weighted by molar-refractivity contribution is -0.115. The van der Waals surface area contributed by atoms with E-state index in [9.17, 15) is 9.59 Å². The molecule has 2 aromatic carbocycles. The molecule has 1 aromatic heterocycles. The van der Waals surface area contributed by atoms with Crippen LogP contribution < -0.4 is 5.32 Å². The van der Waals surface area contributed by atoms with Crippen molar-refractivity contribution in [2.45, 2.75) is 20.3 Å². The third-order valence-corrected chi connectivity index (χ3v) is 3.58. The molecule has 0 saturated carbocycles. The van der Waals surface area contributed by atoms with E-state index in [4.69, 9.17) is 0 Å². The molecule has 0 radical (unpaired) electrons. The lowest BCUT2D eigenvalue weighted by atomic mass is 10.1. The zero-order valence-electron chi connectivity index (χ0n) is 13.0. The molecule has 0 atom stereocenters. The van der Waals surface area contributed by atoms with Crippen molar-refractivity contribution in [3.05, 3.63) is 59.4 Å². The molecule has 0 aliphatic carbocycles. The van der Waals surface area contributed by atoms with Crippen molar-refractivity contribution in [3.63, 3.8) is 0 Å². The standard InChI is InChI=1S/C18H17N3O2/c1-11(22)14-4-3-5-15(10-14)21-18(23)9-13-6-7-16-17(8-13)20-12(2)19-16/h3-8,10H,9H2,1-2H3,(H,19,20)(H,21,23). The summed E-state index contributed by atoms with van der Waals surface area (Å²) < 4.78 is 0. The molecule has 0 unspecified atom stereocenters. The Morgan fingerprint density at radius 2 is 2.00 bits per heavy atom. The Morgan fingerprint density at radius 3 is 2.78 bits per heavy atom. The van der Waals surface area contributed by atoms with Gasteiger partial charge in [-0.25, -0.2) is 4.98 Å². The second-order valence-corrected chi connectivity index (χ2v) is 5.54. The highest BCUT2D eigenvalue weighted by molar-refractivity contribution is 5.97. The predicted octanol–water partition coefficient (Wildman–Crippen LogP) is 3.26. The Morgan fingerprint density at radius 1 is 1.17 bits per heavy atom. The Balaban J connectivity index is 1.73. The van der Waals surface area contributed by atoms with Crippen molar-refractivity contribution in [3.8, 4) is 0 Å². The average molecular weight is 307 g/mol. The zero-order chi connectivity index (χ0) is 16.4. The summed E-state index contributed by atoms with van der Waals surface area (Å²) in [7, 11) is 0. The molecular formula is C18H17N3O2. The van der Waals surface area contributed by atoms with E-state index < -0.39 is 0 Å². The molecule has 2 N–H and O–H groups in total. The summed E-state index contributed by atoms with van der Waals surface area (Å²) in [5.74, 6) is 0.699. The van der Waals surface area contributed by atoms with Crippen LogP contribution in [-0.4, -0.2) is 21.7 Å². The highest BCUT2D eigenvalue weighted by Gasteiger charge is 2.08. The highest BCUT2D eigenvalue weighted by atomic mass is 16.1. The van der Waals surface area contributed by atoms with E-state index in [0.717, 1.165) is 22.4 Å². The summed E-state index contributed by atoms with van der Waals surface area (Å²) in [4.78, 5) is 31.1. The number of nitrogens with zero attached hydrogens (tertiary/aromatic N) is 1. The quantitative estimate of drug-likeness (QED) is 0.726. The number of rotatable bonds is 4. The lowest BCUT2D eigenvalue weighted by Crippen LogP contribution is -2.14. The molecule has 0 fully saturated rings.